The first-order valence-electron chi connectivity index (χ1n) is 9.18. The predicted molar refractivity (Wildman–Crippen MR) is 89.6 cm³/mol. The third kappa shape index (κ3) is 4.00. The largest absolute Gasteiger partial charge is 0.305 e. The highest BCUT2D eigenvalue weighted by Gasteiger charge is 2.43. The minimum absolute atomic E-state index is 0.714. The summed E-state index contributed by atoms with van der Waals surface area (Å²) in [5.74, 6) is 1.78. The fourth-order valence-electron chi connectivity index (χ4n) is 4.86. The molecule has 3 fully saturated rings. The topological polar surface area (TPSA) is 9.72 Å². The van der Waals surface area contributed by atoms with Crippen molar-refractivity contribution in [3.8, 4) is 0 Å². The summed E-state index contributed by atoms with van der Waals surface area (Å²) in [6.45, 7) is 15.5. The minimum atomic E-state index is 0.714. The first-order valence-corrected chi connectivity index (χ1v) is 9.18. The average molecular weight is 293 g/mol. The van der Waals surface area contributed by atoms with Gasteiger partial charge in [0, 0.05) is 26.2 Å². The lowest BCUT2D eigenvalue weighted by Gasteiger charge is -2.53. The summed E-state index contributed by atoms with van der Waals surface area (Å²) in [6.07, 6.45) is 5.75. The van der Waals surface area contributed by atoms with Gasteiger partial charge in [0.15, 0.2) is 0 Å². The van der Waals surface area contributed by atoms with E-state index in [4.69, 9.17) is 0 Å². The fraction of sp³-hybridized carbons (Fsp3) is 1.00. The minimum Gasteiger partial charge on any atom is -0.305 e. The number of nitrogens with zero attached hydrogens (tertiary/aromatic N) is 3. The Morgan fingerprint density at radius 3 is 2.10 bits per heavy atom. The van der Waals surface area contributed by atoms with E-state index in [0.29, 0.717) is 5.41 Å². The van der Waals surface area contributed by atoms with Crippen LogP contribution >= 0.6 is 0 Å². The van der Waals surface area contributed by atoms with Crippen molar-refractivity contribution < 1.29 is 0 Å². The Morgan fingerprint density at radius 1 is 0.952 bits per heavy atom. The molecule has 1 spiro atoms. The molecule has 3 aliphatic heterocycles. The average Bonchev–Trinajstić information content (AvgIpc) is 2.41. The van der Waals surface area contributed by atoms with Crippen molar-refractivity contribution in [3.05, 3.63) is 0 Å². The summed E-state index contributed by atoms with van der Waals surface area (Å²) in [7, 11) is 2.27. The van der Waals surface area contributed by atoms with Crippen LogP contribution in [0.5, 0.6) is 0 Å². The SMILES string of the molecule is CC(C)CN1CCC(CN2CCC3(CC2)CN(C)C3)CC1. The summed E-state index contributed by atoms with van der Waals surface area (Å²) in [4.78, 5) is 7.93. The highest BCUT2D eigenvalue weighted by molar-refractivity contribution is 4.97. The van der Waals surface area contributed by atoms with Crippen LogP contribution in [0.2, 0.25) is 0 Å². The van der Waals surface area contributed by atoms with Crippen LogP contribution in [0.25, 0.3) is 0 Å². The van der Waals surface area contributed by atoms with Gasteiger partial charge in [-0.05, 0) is 76.2 Å². The molecule has 0 N–H and O–H groups in total. The van der Waals surface area contributed by atoms with E-state index in [1.54, 1.807) is 0 Å². The molecule has 0 aromatic rings. The number of rotatable bonds is 4. The molecule has 0 aliphatic carbocycles. The zero-order valence-corrected chi connectivity index (χ0v) is 14.5. The van der Waals surface area contributed by atoms with Crippen LogP contribution in [0.1, 0.15) is 39.5 Å². The molecule has 0 amide bonds. The molecule has 0 saturated carbocycles. The molecule has 0 atom stereocenters. The first-order chi connectivity index (χ1) is 10.0. The molecule has 3 rings (SSSR count). The van der Waals surface area contributed by atoms with Gasteiger partial charge in [0.05, 0.1) is 0 Å². The lowest BCUT2D eigenvalue weighted by Crippen LogP contribution is -2.59. The Balaban J connectivity index is 1.35. The van der Waals surface area contributed by atoms with Crippen LogP contribution in [0.3, 0.4) is 0 Å². The van der Waals surface area contributed by atoms with E-state index < -0.39 is 0 Å². The summed E-state index contributed by atoms with van der Waals surface area (Å²) >= 11 is 0. The smallest absolute Gasteiger partial charge is 0.00484 e. The molecule has 122 valence electrons. The first kappa shape index (κ1) is 15.8. The van der Waals surface area contributed by atoms with Crippen molar-refractivity contribution in [3.63, 3.8) is 0 Å². The highest BCUT2D eigenvalue weighted by atomic mass is 15.2. The Kier molecular flexibility index (Phi) is 4.92. The molecular weight excluding hydrogens is 258 g/mol. The second-order valence-corrected chi connectivity index (χ2v) is 8.61. The van der Waals surface area contributed by atoms with Gasteiger partial charge in [0.25, 0.3) is 0 Å². The van der Waals surface area contributed by atoms with Gasteiger partial charge in [-0.3, -0.25) is 0 Å². The van der Waals surface area contributed by atoms with Crippen LogP contribution in [0, 0.1) is 17.3 Å². The molecule has 0 aromatic carbocycles. The molecule has 0 radical (unpaired) electrons. The van der Waals surface area contributed by atoms with E-state index >= 15 is 0 Å². The summed E-state index contributed by atoms with van der Waals surface area (Å²) in [5.41, 5.74) is 0.714. The standard InChI is InChI=1S/C18H35N3/c1-16(2)12-20-8-4-17(5-9-20)13-21-10-6-18(7-11-21)14-19(3)15-18/h16-17H,4-15H2,1-3H3. The van der Waals surface area contributed by atoms with Gasteiger partial charge >= 0.3 is 0 Å². The Hall–Kier alpha value is -0.120. The molecule has 21 heavy (non-hydrogen) atoms. The van der Waals surface area contributed by atoms with Crippen molar-refractivity contribution >= 4 is 0 Å². The monoisotopic (exact) mass is 293 g/mol. The normalized spacial score (nSPS) is 29.1. The summed E-state index contributed by atoms with van der Waals surface area (Å²) in [5, 5.41) is 0. The van der Waals surface area contributed by atoms with Crippen molar-refractivity contribution in [1.29, 1.82) is 0 Å². The fourth-order valence-corrected chi connectivity index (χ4v) is 4.86. The molecule has 0 unspecified atom stereocenters. The van der Waals surface area contributed by atoms with Gasteiger partial charge in [-0.2, -0.15) is 0 Å². The maximum absolute atomic E-state index is 2.77. The van der Waals surface area contributed by atoms with Crippen molar-refractivity contribution in [1.82, 2.24) is 14.7 Å². The van der Waals surface area contributed by atoms with E-state index in [2.05, 4.69) is 35.6 Å². The van der Waals surface area contributed by atoms with E-state index in [1.807, 2.05) is 0 Å². The van der Waals surface area contributed by atoms with Gasteiger partial charge < -0.3 is 14.7 Å². The van der Waals surface area contributed by atoms with Crippen molar-refractivity contribution in [2.45, 2.75) is 39.5 Å². The Labute approximate surface area is 131 Å². The zero-order chi connectivity index (χ0) is 14.9. The van der Waals surface area contributed by atoms with Crippen molar-refractivity contribution in [2.24, 2.45) is 17.3 Å². The molecule has 0 aromatic heterocycles. The van der Waals surface area contributed by atoms with E-state index in [-0.39, 0.29) is 0 Å². The summed E-state index contributed by atoms with van der Waals surface area (Å²) < 4.78 is 0. The predicted octanol–water partition coefficient (Wildman–Crippen LogP) is 2.38. The highest BCUT2D eigenvalue weighted by Crippen LogP contribution is 2.39. The number of hydrogen-bond donors (Lipinski definition) is 0. The van der Waals surface area contributed by atoms with Crippen LogP contribution in [0.4, 0.5) is 0 Å². The lowest BCUT2D eigenvalue weighted by molar-refractivity contribution is -0.0354. The molecule has 3 nitrogen and oxygen atoms in total. The van der Waals surface area contributed by atoms with Gasteiger partial charge in [-0.1, -0.05) is 13.8 Å². The second kappa shape index (κ2) is 6.55. The maximum Gasteiger partial charge on any atom is 0.00484 e. The van der Waals surface area contributed by atoms with Gasteiger partial charge in [-0.25, -0.2) is 0 Å². The van der Waals surface area contributed by atoms with Crippen LogP contribution in [-0.2, 0) is 0 Å². The number of likely N-dealkylation sites (tertiary alicyclic amines) is 3. The molecule has 3 saturated heterocycles. The van der Waals surface area contributed by atoms with Crippen LogP contribution in [-0.4, -0.2) is 74.1 Å². The van der Waals surface area contributed by atoms with E-state index in [1.165, 1.54) is 78.0 Å². The lowest BCUT2D eigenvalue weighted by atomic mass is 9.72. The van der Waals surface area contributed by atoms with Gasteiger partial charge in [-0.15, -0.1) is 0 Å². The number of piperidine rings is 2. The van der Waals surface area contributed by atoms with Crippen molar-refractivity contribution in [2.75, 3.05) is 59.4 Å². The summed E-state index contributed by atoms with van der Waals surface area (Å²) in [6, 6.07) is 0. The molecule has 3 heteroatoms. The van der Waals surface area contributed by atoms with Gasteiger partial charge in [0.2, 0.25) is 0 Å². The number of hydrogen-bond acceptors (Lipinski definition) is 3. The van der Waals surface area contributed by atoms with Crippen LogP contribution < -0.4 is 0 Å². The third-order valence-electron chi connectivity index (χ3n) is 5.97. The molecule has 3 heterocycles. The van der Waals surface area contributed by atoms with Crippen LogP contribution in [0.15, 0.2) is 0 Å². The maximum atomic E-state index is 2.77. The molecule has 3 aliphatic rings. The third-order valence-corrected chi connectivity index (χ3v) is 5.97. The zero-order valence-electron chi connectivity index (χ0n) is 14.5. The second-order valence-electron chi connectivity index (χ2n) is 8.61. The van der Waals surface area contributed by atoms with Gasteiger partial charge in [0.1, 0.15) is 0 Å². The quantitative estimate of drug-likeness (QED) is 0.788. The van der Waals surface area contributed by atoms with E-state index in [9.17, 15) is 0 Å². The molecule has 0 bridgehead atoms. The molecular formula is C18H35N3. The van der Waals surface area contributed by atoms with E-state index in [0.717, 1.165) is 11.8 Å². The Morgan fingerprint density at radius 2 is 1.57 bits per heavy atom. The Bertz CT molecular complexity index is 317.